The largest absolute Gasteiger partial charge is 0.441 e. The zero-order valence-electron chi connectivity index (χ0n) is 18.0. The number of carbonyl (C=O) groups excluding carboxylic acids is 1. The number of ether oxygens (including phenoxy) is 3. The molecule has 0 bridgehead atoms. The molecule has 0 radical (unpaired) electrons. The zero-order valence-corrected chi connectivity index (χ0v) is 18.8. The maximum absolute atomic E-state index is 12.7. The Bertz CT molecular complexity index is 1150. The summed E-state index contributed by atoms with van der Waals surface area (Å²) in [5.74, 6) is 0. The third kappa shape index (κ3) is 4.07. The molecule has 33 heavy (non-hydrogen) atoms. The summed E-state index contributed by atoms with van der Waals surface area (Å²) in [6.45, 7) is 0.700. The zero-order chi connectivity index (χ0) is 22.2. The van der Waals surface area contributed by atoms with Gasteiger partial charge in [-0.25, -0.2) is 9.48 Å². The average Bonchev–Trinajstić information content (AvgIpc) is 3.61. The summed E-state index contributed by atoms with van der Waals surface area (Å²) in [7, 11) is 0. The number of fused-ring (bicyclic) bond motifs is 2. The summed E-state index contributed by atoms with van der Waals surface area (Å²) >= 11 is 1.74. The highest BCUT2D eigenvalue weighted by molar-refractivity contribution is 7.99. The molecular formula is C23H25N5O4S. The number of aromatic nitrogens is 4. The summed E-state index contributed by atoms with van der Waals surface area (Å²) in [6.07, 6.45) is 3.31. The SMILES string of the molecule is O=C(Nc1cccc2ccccc12)OC1COC2C1OCC2n1nnnc1SC1CCCC1. The van der Waals surface area contributed by atoms with Gasteiger partial charge >= 0.3 is 6.09 Å². The fourth-order valence-electron chi connectivity index (χ4n) is 4.99. The molecule has 2 aromatic carbocycles. The first-order valence-electron chi connectivity index (χ1n) is 11.4. The molecule has 1 amide bonds. The van der Waals surface area contributed by atoms with E-state index in [1.165, 1.54) is 25.7 Å². The van der Waals surface area contributed by atoms with Crippen molar-refractivity contribution in [3.05, 3.63) is 42.5 Å². The van der Waals surface area contributed by atoms with Crippen molar-refractivity contribution >= 4 is 34.3 Å². The number of hydrogen-bond donors (Lipinski definition) is 1. The van der Waals surface area contributed by atoms with E-state index in [1.807, 2.05) is 47.1 Å². The standard InChI is InChI=1S/C23H25N5O4S/c29-23(24-17-11-5-7-14-6-1-4-10-16(14)17)32-19-13-31-20-18(12-30-21(19)20)28-22(25-26-27-28)33-15-8-2-3-9-15/h1,4-7,10-11,15,18-21H,2-3,8-9,12-13H2,(H,24,29). The molecule has 1 saturated carbocycles. The number of nitrogens with one attached hydrogen (secondary N) is 1. The van der Waals surface area contributed by atoms with Crippen LogP contribution in [0.4, 0.5) is 10.5 Å². The predicted molar refractivity (Wildman–Crippen MR) is 122 cm³/mol. The van der Waals surface area contributed by atoms with Crippen LogP contribution in [0.3, 0.4) is 0 Å². The molecule has 4 unspecified atom stereocenters. The molecule has 3 fully saturated rings. The molecular weight excluding hydrogens is 442 g/mol. The molecule has 6 rings (SSSR count). The second-order valence-electron chi connectivity index (χ2n) is 8.69. The van der Waals surface area contributed by atoms with Gasteiger partial charge in [0.15, 0.2) is 6.10 Å². The first-order chi connectivity index (χ1) is 16.3. The van der Waals surface area contributed by atoms with Crippen LogP contribution in [-0.4, -0.2) is 63.1 Å². The lowest BCUT2D eigenvalue weighted by atomic mass is 10.1. The molecule has 9 nitrogen and oxygen atoms in total. The second-order valence-corrected chi connectivity index (χ2v) is 9.96. The Balaban J connectivity index is 1.11. The number of hydrogen-bond acceptors (Lipinski definition) is 8. The Hall–Kier alpha value is -2.69. The summed E-state index contributed by atoms with van der Waals surface area (Å²) in [4.78, 5) is 12.7. The van der Waals surface area contributed by atoms with Gasteiger partial charge in [-0.05, 0) is 34.7 Å². The molecule has 4 atom stereocenters. The van der Waals surface area contributed by atoms with Gasteiger partial charge in [0.25, 0.3) is 0 Å². The molecule has 3 heterocycles. The summed E-state index contributed by atoms with van der Waals surface area (Å²) in [5.41, 5.74) is 0.709. The molecule has 2 saturated heterocycles. The second kappa shape index (κ2) is 8.92. The predicted octanol–water partition coefficient (Wildman–Crippen LogP) is 3.82. The fraction of sp³-hybridized carbons (Fsp3) is 0.478. The minimum Gasteiger partial charge on any atom is -0.441 e. The van der Waals surface area contributed by atoms with Crippen LogP contribution in [0.2, 0.25) is 0 Å². The van der Waals surface area contributed by atoms with Crippen LogP contribution in [0.15, 0.2) is 47.6 Å². The van der Waals surface area contributed by atoms with Gasteiger partial charge in [0, 0.05) is 10.6 Å². The number of thioether (sulfide) groups is 1. The third-order valence-corrected chi connectivity index (χ3v) is 7.90. The Morgan fingerprint density at radius 2 is 1.88 bits per heavy atom. The molecule has 1 aromatic heterocycles. The van der Waals surface area contributed by atoms with E-state index in [4.69, 9.17) is 14.2 Å². The van der Waals surface area contributed by atoms with E-state index in [0.717, 1.165) is 15.9 Å². The van der Waals surface area contributed by atoms with Crippen LogP contribution in [0.5, 0.6) is 0 Å². The van der Waals surface area contributed by atoms with E-state index < -0.39 is 12.2 Å². The lowest BCUT2D eigenvalue weighted by Crippen LogP contribution is -2.35. The minimum atomic E-state index is -0.521. The van der Waals surface area contributed by atoms with Crippen LogP contribution in [0.25, 0.3) is 10.8 Å². The van der Waals surface area contributed by atoms with Gasteiger partial charge in [0.05, 0.1) is 18.9 Å². The highest BCUT2D eigenvalue weighted by Crippen LogP contribution is 2.39. The van der Waals surface area contributed by atoms with E-state index in [9.17, 15) is 4.79 Å². The van der Waals surface area contributed by atoms with Crippen molar-refractivity contribution in [3.63, 3.8) is 0 Å². The Morgan fingerprint density at radius 3 is 2.79 bits per heavy atom. The number of tetrazole rings is 1. The van der Waals surface area contributed by atoms with Crippen LogP contribution in [0, 0.1) is 0 Å². The topological polar surface area (TPSA) is 100 Å². The van der Waals surface area contributed by atoms with Gasteiger partial charge in [0.1, 0.15) is 18.2 Å². The molecule has 0 spiro atoms. The molecule has 3 aromatic rings. The third-order valence-electron chi connectivity index (χ3n) is 6.62. The first kappa shape index (κ1) is 20.9. The summed E-state index contributed by atoms with van der Waals surface area (Å²) in [5, 5.41) is 18.6. The Labute approximate surface area is 195 Å². The van der Waals surface area contributed by atoms with E-state index in [1.54, 1.807) is 11.8 Å². The van der Waals surface area contributed by atoms with Gasteiger partial charge in [-0.15, -0.1) is 5.10 Å². The monoisotopic (exact) mass is 467 g/mol. The van der Waals surface area contributed by atoms with Crippen LogP contribution < -0.4 is 5.32 Å². The molecule has 1 aliphatic carbocycles. The summed E-state index contributed by atoms with van der Waals surface area (Å²) < 4.78 is 19.6. The average molecular weight is 468 g/mol. The van der Waals surface area contributed by atoms with Crippen LogP contribution in [0.1, 0.15) is 31.7 Å². The first-order valence-corrected chi connectivity index (χ1v) is 12.3. The van der Waals surface area contributed by atoms with Gasteiger partial charge in [-0.1, -0.05) is 61.0 Å². The number of carbonyl (C=O) groups is 1. The van der Waals surface area contributed by atoms with Crippen molar-refractivity contribution in [3.8, 4) is 0 Å². The number of amides is 1. The quantitative estimate of drug-likeness (QED) is 0.605. The fourth-order valence-corrected chi connectivity index (χ4v) is 6.22. The van der Waals surface area contributed by atoms with Gasteiger partial charge in [-0.2, -0.15) is 0 Å². The van der Waals surface area contributed by atoms with Gasteiger partial charge in [-0.3, -0.25) is 5.32 Å². The number of rotatable bonds is 5. The number of benzene rings is 2. The molecule has 1 N–H and O–H groups in total. The Kier molecular flexibility index (Phi) is 5.65. The maximum Gasteiger partial charge on any atom is 0.412 e. The van der Waals surface area contributed by atoms with Crippen LogP contribution in [-0.2, 0) is 14.2 Å². The highest BCUT2D eigenvalue weighted by atomic mass is 32.2. The van der Waals surface area contributed by atoms with Crippen molar-refractivity contribution in [2.75, 3.05) is 18.5 Å². The van der Waals surface area contributed by atoms with E-state index >= 15 is 0 Å². The van der Waals surface area contributed by atoms with E-state index in [0.29, 0.717) is 17.5 Å². The Morgan fingerprint density at radius 1 is 1.06 bits per heavy atom. The summed E-state index contributed by atoms with van der Waals surface area (Å²) in [6, 6.07) is 13.5. The van der Waals surface area contributed by atoms with Crippen molar-refractivity contribution in [2.45, 2.75) is 60.4 Å². The smallest absolute Gasteiger partial charge is 0.412 e. The molecule has 2 aliphatic heterocycles. The van der Waals surface area contributed by atoms with Crippen molar-refractivity contribution < 1.29 is 19.0 Å². The van der Waals surface area contributed by atoms with Gasteiger partial charge < -0.3 is 14.2 Å². The highest BCUT2D eigenvalue weighted by Gasteiger charge is 2.51. The molecule has 172 valence electrons. The van der Waals surface area contributed by atoms with Crippen molar-refractivity contribution in [2.24, 2.45) is 0 Å². The van der Waals surface area contributed by atoms with Crippen molar-refractivity contribution in [1.82, 2.24) is 20.2 Å². The lowest BCUT2D eigenvalue weighted by molar-refractivity contribution is 0.00752. The lowest BCUT2D eigenvalue weighted by Gasteiger charge is -2.18. The maximum atomic E-state index is 12.7. The number of anilines is 1. The molecule has 10 heteroatoms. The van der Waals surface area contributed by atoms with Crippen molar-refractivity contribution in [1.29, 1.82) is 0 Å². The van der Waals surface area contributed by atoms with Gasteiger partial charge in [0.2, 0.25) is 5.16 Å². The number of nitrogens with zero attached hydrogens (tertiary/aromatic N) is 4. The van der Waals surface area contributed by atoms with E-state index in [2.05, 4.69) is 20.8 Å². The van der Waals surface area contributed by atoms with E-state index in [-0.39, 0.29) is 24.9 Å². The normalized spacial score (nSPS) is 27.2. The molecule has 3 aliphatic rings. The van der Waals surface area contributed by atoms with Crippen LogP contribution >= 0.6 is 11.8 Å². The minimum absolute atomic E-state index is 0.136.